The molecule has 0 aromatic heterocycles. The molecule has 0 aromatic rings. The largest absolute Gasteiger partial charge is 0.481 e. The predicted octanol–water partition coefficient (Wildman–Crippen LogP) is -0.862. The van der Waals surface area contributed by atoms with E-state index >= 15 is 0 Å². The molecule has 0 saturated carbocycles. The van der Waals surface area contributed by atoms with Gasteiger partial charge in [0, 0.05) is 0 Å². The smallest absolute Gasteiger partial charge is 0.306 e. The van der Waals surface area contributed by atoms with Crippen LogP contribution in [-0.4, -0.2) is 59.8 Å². The predicted molar refractivity (Wildman–Crippen MR) is 58.1 cm³/mol. The van der Waals surface area contributed by atoms with Gasteiger partial charge in [0.2, 0.25) is 0 Å². The Bertz CT molecular complexity index is 412. The number of aliphatic carboxylic acids is 1. The Morgan fingerprint density at radius 3 is 2.40 bits per heavy atom. The number of esters is 1. The lowest BCUT2D eigenvalue weighted by atomic mass is 10.1. The van der Waals surface area contributed by atoms with Crippen molar-refractivity contribution in [2.45, 2.75) is 37.3 Å². The van der Waals surface area contributed by atoms with Crippen LogP contribution in [0.25, 0.3) is 0 Å². The summed E-state index contributed by atoms with van der Waals surface area (Å²) in [6.45, 7) is 0.00517. The Kier molecular flexibility index (Phi) is 4.35. The summed E-state index contributed by atoms with van der Waals surface area (Å²) in [5, 5.41) is 17.8. The lowest BCUT2D eigenvalue weighted by molar-refractivity contribution is -0.769. The molecule has 0 amide bonds. The Morgan fingerprint density at radius 2 is 1.80 bits per heavy atom. The lowest BCUT2D eigenvalue weighted by Gasteiger charge is -2.16. The number of hydrogen-bond donors (Lipinski definition) is 1. The van der Waals surface area contributed by atoms with E-state index in [0.29, 0.717) is 0 Å². The second-order valence-corrected chi connectivity index (χ2v) is 4.39. The van der Waals surface area contributed by atoms with Gasteiger partial charge in [0.05, 0.1) is 26.1 Å². The summed E-state index contributed by atoms with van der Waals surface area (Å²) in [5.74, 6) is -1.78. The summed E-state index contributed by atoms with van der Waals surface area (Å²) < 4.78 is 15.6. The Hall–Kier alpha value is -1.94. The Labute approximate surface area is 112 Å². The van der Waals surface area contributed by atoms with Crippen LogP contribution in [-0.2, 0) is 28.6 Å². The minimum absolute atomic E-state index is 0.0283. The van der Waals surface area contributed by atoms with Crippen molar-refractivity contribution in [3.8, 4) is 0 Å². The van der Waals surface area contributed by atoms with Crippen LogP contribution in [0.15, 0.2) is 0 Å². The van der Waals surface area contributed by atoms with Gasteiger partial charge in [0.25, 0.3) is 5.09 Å². The molecule has 1 N–H and O–H groups in total. The maximum atomic E-state index is 11.4. The second kappa shape index (κ2) is 6.01. The standard InChI is InChI=1S/C10H13NO9/c12-7(13)1-2-8(14)19-5-3-17-10-6(20-11(15)16)4-18-9(5)10/h5-6,9-10H,1-4H2,(H,12,13)/t5-,6-,9-,10-/m1/s1. The Balaban J connectivity index is 1.83. The summed E-state index contributed by atoms with van der Waals surface area (Å²) in [6.07, 6.45) is -3.43. The average molecular weight is 291 g/mol. The minimum atomic E-state index is -1.10. The molecule has 4 atom stereocenters. The number of carbonyl (C=O) groups excluding carboxylic acids is 1. The highest BCUT2D eigenvalue weighted by molar-refractivity contribution is 5.76. The number of carbonyl (C=O) groups is 2. The summed E-state index contributed by atoms with van der Waals surface area (Å²) in [5.41, 5.74) is 0. The van der Waals surface area contributed by atoms with Crippen molar-refractivity contribution in [1.29, 1.82) is 0 Å². The van der Waals surface area contributed by atoms with E-state index in [-0.39, 0.29) is 26.1 Å². The van der Waals surface area contributed by atoms with Crippen LogP contribution in [0.4, 0.5) is 0 Å². The highest BCUT2D eigenvalue weighted by Crippen LogP contribution is 2.30. The molecule has 0 aromatic carbocycles. The quantitative estimate of drug-likeness (QED) is 0.376. The topological polar surface area (TPSA) is 134 Å². The third-order valence-corrected chi connectivity index (χ3v) is 3.01. The van der Waals surface area contributed by atoms with E-state index in [0.717, 1.165) is 0 Å². The molecule has 0 radical (unpaired) electrons. The highest BCUT2D eigenvalue weighted by Gasteiger charge is 2.51. The van der Waals surface area contributed by atoms with E-state index in [1.807, 2.05) is 0 Å². The zero-order chi connectivity index (χ0) is 14.7. The van der Waals surface area contributed by atoms with Gasteiger partial charge in [-0.05, 0) is 0 Å². The molecular formula is C10H13NO9. The van der Waals surface area contributed by atoms with Crippen molar-refractivity contribution >= 4 is 11.9 Å². The summed E-state index contributed by atoms with van der Waals surface area (Å²) >= 11 is 0. The molecule has 10 heteroatoms. The molecule has 2 aliphatic heterocycles. The molecular weight excluding hydrogens is 278 g/mol. The number of ether oxygens (including phenoxy) is 3. The van der Waals surface area contributed by atoms with Gasteiger partial charge < -0.3 is 24.2 Å². The first-order valence-electron chi connectivity index (χ1n) is 5.93. The van der Waals surface area contributed by atoms with E-state index in [1.54, 1.807) is 0 Å². The first-order valence-corrected chi connectivity index (χ1v) is 5.93. The molecule has 112 valence electrons. The molecule has 20 heavy (non-hydrogen) atoms. The van der Waals surface area contributed by atoms with Crippen LogP contribution in [0.5, 0.6) is 0 Å². The molecule has 2 saturated heterocycles. The summed E-state index contributed by atoms with van der Waals surface area (Å²) in [4.78, 5) is 36.4. The molecule has 2 aliphatic rings. The minimum Gasteiger partial charge on any atom is -0.481 e. The zero-order valence-corrected chi connectivity index (χ0v) is 10.3. The summed E-state index contributed by atoms with van der Waals surface area (Å²) in [7, 11) is 0. The molecule has 0 bridgehead atoms. The monoisotopic (exact) mass is 291 g/mol. The van der Waals surface area contributed by atoms with Crippen LogP contribution >= 0.6 is 0 Å². The molecule has 2 heterocycles. The lowest BCUT2D eigenvalue weighted by Crippen LogP contribution is -2.35. The maximum Gasteiger partial charge on any atom is 0.306 e. The van der Waals surface area contributed by atoms with Crippen LogP contribution in [0.3, 0.4) is 0 Å². The molecule has 0 unspecified atom stereocenters. The van der Waals surface area contributed by atoms with Gasteiger partial charge in [-0.1, -0.05) is 0 Å². The van der Waals surface area contributed by atoms with E-state index < -0.39 is 41.4 Å². The normalized spacial score (nSPS) is 31.6. The van der Waals surface area contributed by atoms with Crippen molar-refractivity contribution in [3.05, 3.63) is 10.1 Å². The number of nitrogens with zero attached hydrogens (tertiary/aromatic N) is 1. The summed E-state index contributed by atoms with van der Waals surface area (Å²) in [6, 6.07) is 0. The van der Waals surface area contributed by atoms with E-state index in [9.17, 15) is 19.7 Å². The van der Waals surface area contributed by atoms with Gasteiger partial charge in [0.15, 0.2) is 12.2 Å². The van der Waals surface area contributed by atoms with E-state index in [2.05, 4.69) is 4.84 Å². The zero-order valence-electron chi connectivity index (χ0n) is 10.3. The molecule has 0 aliphatic carbocycles. The third-order valence-electron chi connectivity index (χ3n) is 3.01. The molecule has 0 spiro atoms. The molecule has 10 nitrogen and oxygen atoms in total. The van der Waals surface area contributed by atoms with Crippen molar-refractivity contribution in [2.75, 3.05) is 13.2 Å². The number of rotatable bonds is 6. The fraction of sp³-hybridized carbons (Fsp3) is 0.800. The first kappa shape index (κ1) is 14.5. The fourth-order valence-electron chi connectivity index (χ4n) is 2.17. The second-order valence-electron chi connectivity index (χ2n) is 4.39. The van der Waals surface area contributed by atoms with Gasteiger partial charge >= 0.3 is 11.9 Å². The van der Waals surface area contributed by atoms with Gasteiger partial charge in [0.1, 0.15) is 12.2 Å². The number of carboxylic acids is 1. The molecule has 2 fully saturated rings. The van der Waals surface area contributed by atoms with Crippen LogP contribution in [0, 0.1) is 10.1 Å². The van der Waals surface area contributed by atoms with Crippen molar-refractivity contribution in [1.82, 2.24) is 0 Å². The van der Waals surface area contributed by atoms with Crippen molar-refractivity contribution in [3.63, 3.8) is 0 Å². The Morgan fingerprint density at radius 1 is 1.20 bits per heavy atom. The average Bonchev–Trinajstić information content (AvgIpc) is 2.91. The van der Waals surface area contributed by atoms with Crippen molar-refractivity contribution < 1.29 is 38.8 Å². The van der Waals surface area contributed by atoms with Crippen LogP contribution < -0.4 is 0 Å². The third kappa shape index (κ3) is 3.33. The number of hydrogen-bond acceptors (Lipinski definition) is 8. The molecule has 2 rings (SSSR count). The van der Waals surface area contributed by atoms with E-state index in [1.165, 1.54) is 0 Å². The highest BCUT2D eigenvalue weighted by atomic mass is 17.0. The van der Waals surface area contributed by atoms with Crippen LogP contribution in [0.2, 0.25) is 0 Å². The van der Waals surface area contributed by atoms with Gasteiger partial charge in [-0.25, -0.2) is 0 Å². The van der Waals surface area contributed by atoms with Gasteiger partial charge in [-0.15, -0.1) is 10.1 Å². The van der Waals surface area contributed by atoms with Crippen LogP contribution in [0.1, 0.15) is 12.8 Å². The van der Waals surface area contributed by atoms with E-state index in [4.69, 9.17) is 19.3 Å². The number of fused-ring (bicyclic) bond motifs is 1. The van der Waals surface area contributed by atoms with Gasteiger partial charge in [-0.3, -0.25) is 9.59 Å². The number of carboxylic acid groups (broad SMARTS) is 1. The fourth-order valence-corrected chi connectivity index (χ4v) is 2.17. The maximum absolute atomic E-state index is 11.4. The SMILES string of the molecule is O=C(O)CCC(=O)O[C@@H]1CO[C@H]2[C@@H]1OC[C@H]2O[N+](=O)[O-]. The van der Waals surface area contributed by atoms with Crippen molar-refractivity contribution in [2.24, 2.45) is 0 Å². The first-order chi connectivity index (χ1) is 9.47. The van der Waals surface area contributed by atoms with Gasteiger partial charge in [-0.2, -0.15) is 0 Å².